The molecule has 0 radical (unpaired) electrons. The van der Waals surface area contributed by atoms with Crippen LogP contribution in [0.15, 0.2) is 115 Å². The predicted molar refractivity (Wildman–Crippen MR) is 441 cm³/mol. The van der Waals surface area contributed by atoms with Crippen LogP contribution in [0.4, 0.5) is 0 Å². The van der Waals surface area contributed by atoms with Gasteiger partial charge in [0.1, 0.15) is 120 Å². The van der Waals surface area contributed by atoms with Crippen LogP contribution >= 0.6 is 34.5 Å². The van der Waals surface area contributed by atoms with Crippen LogP contribution in [0.1, 0.15) is 117 Å². The highest BCUT2D eigenvalue weighted by Crippen LogP contribution is 2.50. The normalized spacial score (nSPS) is 29.7. The van der Waals surface area contributed by atoms with E-state index in [1.54, 1.807) is 12.3 Å². The lowest BCUT2D eigenvalue weighted by molar-refractivity contribution is -0.350. The summed E-state index contributed by atoms with van der Waals surface area (Å²) >= 11 is 15.9. The number of hydrogen-bond acceptors (Lipinski definition) is 32. The number of carbonyl (C=O) groups excluding carboxylic acids is 7. The molecule has 3 fully saturated rings. The summed E-state index contributed by atoms with van der Waals surface area (Å²) in [5.41, 5.74) is 8.74. The largest absolute Gasteiger partial charge is 0.508 e. The van der Waals surface area contributed by atoms with Gasteiger partial charge in [-0.1, -0.05) is 68.7 Å². The first kappa shape index (κ1) is 93.6. The van der Waals surface area contributed by atoms with Crippen molar-refractivity contribution in [2.24, 2.45) is 17.4 Å². The molecule has 5 aromatic carbocycles. The van der Waals surface area contributed by atoms with Gasteiger partial charge >= 0.3 is 5.97 Å². The summed E-state index contributed by atoms with van der Waals surface area (Å²) < 4.78 is 51.2. The number of primary amides is 1. The maximum absolute atomic E-state index is 16.4. The molecule has 10 heterocycles. The van der Waals surface area contributed by atoms with E-state index in [0.29, 0.717) is 0 Å². The van der Waals surface area contributed by atoms with Crippen molar-refractivity contribution >= 4 is 81.9 Å². The lowest BCUT2D eigenvalue weighted by atomic mass is 9.86. The van der Waals surface area contributed by atoms with Crippen molar-refractivity contribution < 1.29 is 138 Å². The van der Waals surface area contributed by atoms with Crippen LogP contribution in [0, 0.1) is 5.92 Å². The van der Waals surface area contributed by atoms with E-state index in [1.807, 2.05) is 38.1 Å². The number of aliphatic hydroxyl groups is 8. The molecular weight excluding hydrogens is 1700 g/mol. The number of carbonyl (C=O) groups is 8. The number of nitrogens with one attached hydrogen (secondary N) is 8. The number of ether oxygens (including phenoxy) is 8. The van der Waals surface area contributed by atoms with Gasteiger partial charge in [0.15, 0.2) is 30.1 Å². The second-order valence-corrected chi connectivity index (χ2v) is 33.4. The van der Waals surface area contributed by atoms with Gasteiger partial charge in [0, 0.05) is 58.9 Å². The first-order chi connectivity index (χ1) is 58.9. The summed E-state index contributed by atoms with van der Waals surface area (Å²) in [6.07, 6.45) is -27.4. The maximum atomic E-state index is 16.4. The molecule has 0 aliphatic carbocycles. The van der Waals surface area contributed by atoms with Gasteiger partial charge < -0.3 is 153 Å². The van der Waals surface area contributed by atoms with Crippen LogP contribution in [0.25, 0.3) is 21.7 Å². The lowest BCUT2D eigenvalue weighted by Crippen LogP contribution is -2.65. The quantitative estimate of drug-likeness (QED) is 0.0514. The number of carboxylic acid groups (broad SMARTS) is 1. The van der Waals surface area contributed by atoms with Gasteiger partial charge in [0.2, 0.25) is 53.4 Å². The van der Waals surface area contributed by atoms with Crippen LogP contribution < -0.4 is 68.2 Å². The zero-order valence-electron chi connectivity index (χ0n) is 66.7. The number of thiophene rings is 1. The minimum Gasteiger partial charge on any atom is -0.508 e. The minimum absolute atomic E-state index is 0. The number of benzene rings is 5. The Bertz CT molecular complexity index is 5170. The number of aliphatic hydroxyl groups excluding tert-OH is 8. The summed E-state index contributed by atoms with van der Waals surface area (Å²) in [6, 6.07) is 8.22. The summed E-state index contributed by atoms with van der Waals surface area (Å²) in [4.78, 5) is 126. The number of phenolic OH excluding ortho intramolecular Hbond substituents is 3. The molecule has 11 bridgehead atoms. The number of halogens is 2. The van der Waals surface area contributed by atoms with Crippen LogP contribution in [0.2, 0.25) is 10.0 Å². The molecule has 3 saturated heterocycles. The molecule has 15 rings (SSSR count). The molecule has 8 aliphatic heterocycles. The molecule has 672 valence electrons. The summed E-state index contributed by atoms with van der Waals surface area (Å²) in [6.45, 7) is 5.50. The number of fused-ring (bicyclic) bond motifs is 15. The molecular formula is C83H97Cl2N11O28S. The standard InChI is InChI=1S/C82H93Cl2N11O28S.CH4/c1-31(2)18-44(87-5)73(108)94-61-63(101)34-10-14-48(41(83)20-34)117-50-22-36-23-51(70(50)122-81-68(106)66(104)71(53(30-96)120-81)123-80-67(105)65(103)64(102)52(119-80)29-88-28-38-12-16-54(124-38)43-8-6-7-17-89-43)118-49-15-11-35(21-42(49)84)69(121-56-27-82(4,86)72(107)32(3)116-56)62-78(113)93-60(79(114)115)40-24-37(97)25-47(99)57(40)39-19-33(9-13-46(39)98)58(75(110)95-62)92-76(111)59(36)91-74(109)45(26-55(85)100)90-77(61)112;/h6-17,19-25,31-32,44-45,52-53,56,58-69,71-72,80-81,87-88,96-99,101-107H,18,26-30,86H2,1-5H3,(H2,85,100)(H,90,112)(H,91,109)(H,92,111)(H,93,113)(H,94,108)(H,95,110)(H,114,115);1H4/t32-,44+,45-,52+,53+,56?,58+,59+,60+,61+,62-,63+,64-,65-,66+,67+,68+,69+,71+,72-,80-,81-,82-;/m0./s1. The van der Waals surface area contributed by atoms with Crippen molar-refractivity contribution in [2.45, 2.75) is 201 Å². The number of pyridine rings is 1. The van der Waals surface area contributed by atoms with Gasteiger partial charge in [-0.3, -0.25) is 38.5 Å². The number of nitrogens with zero attached hydrogens (tertiary/aromatic N) is 1. The number of likely N-dealkylation sites (N-methyl/N-ethyl adjacent to an activating group) is 1. The molecule has 39 nitrogen and oxygen atoms in total. The van der Waals surface area contributed by atoms with Crippen LogP contribution in [0.5, 0.6) is 46.0 Å². The van der Waals surface area contributed by atoms with E-state index in [-0.39, 0.29) is 56.0 Å². The molecule has 24 N–H and O–H groups in total. The third-order valence-corrected chi connectivity index (χ3v) is 23.6. The van der Waals surface area contributed by atoms with Crippen LogP contribution in [-0.2, 0) is 68.6 Å². The van der Waals surface area contributed by atoms with Gasteiger partial charge in [0.25, 0.3) is 0 Å². The second-order valence-electron chi connectivity index (χ2n) is 31.5. The summed E-state index contributed by atoms with van der Waals surface area (Å²) in [7, 11) is 1.46. The fourth-order valence-electron chi connectivity index (χ4n) is 15.5. The van der Waals surface area contributed by atoms with Crippen molar-refractivity contribution in [3.63, 3.8) is 0 Å². The molecule has 0 spiro atoms. The Kier molecular flexibility index (Phi) is 29.3. The lowest BCUT2D eigenvalue weighted by Gasteiger charge is -2.46. The Labute approximate surface area is 727 Å². The first-order valence-electron chi connectivity index (χ1n) is 39.2. The van der Waals surface area contributed by atoms with Crippen molar-refractivity contribution in [3.05, 3.63) is 158 Å². The highest BCUT2D eigenvalue weighted by Gasteiger charge is 2.53. The third kappa shape index (κ3) is 20.5. The van der Waals surface area contributed by atoms with Gasteiger partial charge in [-0.15, -0.1) is 11.3 Å². The number of hydrogen-bond donors (Lipinski definition) is 22. The Hall–Kier alpha value is -10.5. The Morgan fingerprint density at radius 2 is 1.34 bits per heavy atom. The molecule has 0 saturated carbocycles. The van der Waals surface area contributed by atoms with Gasteiger partial charge in [0.05, 0.1) is 51.9 Å². The van der Waals surface area contributed by atoms with Crippen molar-refractivity contribution in [2.75, 3.05) is 20.2 Å². The number of rotatable bonds is 20. The number of amides is 7. The van der Waals surface area contributed by atoms with E-state index >= 15 is 24.0 Å². The van der Waals surface area contributed by atoms with Crippen molar-refractivity contribution in [1.29, 1.82) is 0 Å². The number of aromatic hydroxyl groups is 3. The second kappa shape index (κ2) is 39.1. The van der Waals surface area contributed by atoms with Crippen LogP contribution in [0.3, 0.4) is 0 Å². The van der Waals surface area contributed by atoms with Crippen LogP contribution in [-0.4, -0.2) is 243 Å². The predicted octanol–water partition coefficient (Wildman–Crippen LogP) is 1.49. The van der Waals surface area contributed by atoms with E-state index in [9.17, 15) is 75.7 Å². The maximum Gasteiger partial charge on any atom is 0.330 e. The van der Waals surface area contributed by atoms with E-state index in [4.69, 9.17) is 72.6 Å². The SMILES string of the molecule is C.CN[C@H](CC(C)C)C(=O)N[C@H]1C(=O)N[C@@H](CC(N)=O)C(=O)N[C@H]2C(=O)N[C@H]3C(=O)N[C@H](C(=O)N[C@@H](C(=O)O)c4cc(O)cc(O)c4-c4cc3ccc4O)[C@H](OC3C[C@](C)(N)[C@@H](O)[C@H](C)O3)c3ccc(c(Cl)c3)Oc3cc2cc(c3O[C@@H]2O[C@H](CO)[C@@H](O[C@@H]3O[C@H](CNCc4ccc(-c5ccccn5)s4)[C@H](O)[C@H](O)[C@H]3O)[C@H](O)[C@H]2O)Oc2ccc(cc2Cl)[C@H]1O. The zero-order valence-corrected chi connectivity index (χ0v) is 69.0. The summed E-state index contributed by atoms with van der Waals surface area (Å²) in [5, 5.41) is 159. The van der Waals surface area contributed by atoms with Crippen molar-refractivity contribution in [1.82, 2.24) is 47.5 Å². The molecule has 8 aliphatic rings. The molecule has 125 heavy (non-hydrogen) atoms. The summed E-state index contributed by atoms with van der Waals surface area (Å²) in [5.74, 6) is -16.6. The van der Waals surface area contributed by atoms with Gasteiger partial charge in [-0.25, -0.2) is 4.79 Å². The number of aliphatic carboxylic acids is 1. The number of carboxylic acids is 1. The topological polar surface area (TPSA) is 614 Å². The number of aromatic nitrogens is 1. The molecule has 7 aromatic rings. The van der Waals surface area contributed by atoms with E-state index in [1.165, 1.54) is 44.4 Å². The minimum atomic E-state index is -2.42. The molecule has 23 atom stereocenters. The Morgan fingerprint density at radius 3 is 1.98 bits per heavy atom. The Morgan fingerprint density at radius 1 is 0.688 bits per heavy atom. The monoisotopic (exact) mass is 1800 g/mol. The molecule has 1 unspecified atom stereocenters. The smallest absolute Gasteiger partial charge is 0.330 e. The fraction of sp³-hybridized carbons (Fsp3) is 0.434. The van der Waals surface area contributed by atoms with E-state index < -0.39 is 279 Å². The van der Waals surface area contributed by atoms with E-state index in [0.717, 1.165) is 82.2 Å². The highest BCUT2D eigenvalue weighted by molar-refractivity contribution is 7.15. The van der Waals surface area contributed by atoms with Gasteiger partial charge in [-0.2, -0.15) is 0 Å². The number of phenols is 3. The molecule has 7 amide bonds. The Balaban J connectivity index is 0.0000142. The highest BCUT2D eigenvalue weighted by atomic mass is 35.5. The third-order valence-electron chi connectivity index (χ3n) is 21.9. The van der Waals surface area contributed by atoms with E-state index in [2.05, 4.69) is 47.5 Å². The molecule has 42 heteroatoms. The number of nitrogens with two attached hydrogens (primary N) is 2. The zero-order chi connectivity index (χ0) is 89.4. The average molecular weight is 1800 g/mol. The molecule has 2 aromatic heterocycles. The van der Waals surface area contributed by atoms with Crippen molar-refractivity contribution in [3.8, 4) is 67.7 Å². The van der Waals surface area contributed by atoms with Gasteiger partial charge in [-0.05, 0) is 134 Å². The fourth-order valence-corrected chi connectivity index (χ4v) is 16.9. The first-order valence-corrected chi connectivity index (χ1v) is 40.8. The average Bonchev–Trinajstić information content (AvgIpc) is 1.51.